The molecule has 3 amide bonds. The predicted octanol–water partition coefficient (Wildman–Crippen LogP) is 3.28. The van der Waals surface area contributed by atoms with Gasteiger partial charge in [-0.3, -0.25) is 14.6 Å². The Morgan fingerprint density at radius 2 is 1.73 bits per heavy atom. The Morgan fingerprint density at radius 3 is 2.33 bits per heavy atom. The number of hydrogen-bond donors (Lipinski definition) is 1. The zero-order chi connectivity index (χ0) is 20.9. The lowest BCUT2D eigenvalue weighted by atomic mass is 9.78. The first kappa shape index (κ1) is 19.4. The summed E-state index contributed by atoms with van der Waals surface area (Å²) in [6, 6.07) is 12.0. The topological polar surface area (TPSA) is 65.8 Å². The van der Waals surface area contributed by atoms with Crippen LogP contribution in [0.5, 0.6) is 0 Å². The molecule has 3 aliphatic rings. The van der Waals surface area contributed by atoms with Crippen LogP contribution in [0, 0.1) is 12.8 Å². The van der Waals surface area contributed by atoms with E-state index in [0.29, 0.717) is 0 Å². The number of rotatable bonds is 4. The molecule has 0 radical (unpaired) electrons. The monoisotopic (exact) mass is 407 g/mol. The molecule has 2 aliphatic heterocycles. The quantitative estimate of drug-likeness (QED) is 0.790. The van der Waals surface area contributed by atoms with E-state index in [1.54, 1.807) is 0 Å². The van der Waals surface area contributed by atoms with Crippen LogP contribution in [0.3, 0.4) is 0 Å². The zero-order valence-corrected chi connectivity index (χ0v) is 17.7. The number of carbonyl (C=O) groups excluding carboxylic acids is 2. The third-order valence-electron chi connectivity index (χ3n) is 7.22. The first-order valence-corrected chi connectivity index (χ1v) is 10.9. The van der Waals surface area contributed by atoms with Crippen molar-refractivity contribution in [2.45, 2.75) is 57.7 Å². The van der Waals surface area contributed by atoms with Gasteiger partial charge in [0, 0.05) is 6.04 Å². The molecule has 1 atom stereocenters. The highest BCUT2D eigenvalue weighted by molar-refractivity contribution is 6.07. The van der Waals surface area contributed by atoms with Gasteiger partial charge >= 0.3 is 6.03 Å². The summed E-state index contributed by atoms with van der Waals surface area (Å²) in [5.41, 5.74) is 1.69. The van der Waals surface area contributed by atoms with Gasteiger partial charge in [-0.2, -0.15) is 0 Å². The second-order valence-corrected chi connectivity index (χ2v) is 9.20. The van der Waals surface area contributed by atoms with Crippen LogP contribution in [0.15, 0.2) is 40.8 Å². The van der Waals surface area contributed by atoms with Gasteiger partial charge in [-0.05, 0) is 81.8 Å². The van der Waals surface area contributed by atoms with E-state index < -0.39 is 5.54 Å². The molecule has 6 nitrogen and oxygen atoms in total. The summed E-state index contributed by atoms with van der Waals surface area (Å²) in [5.74, 6) is 2.01. The molecular weight excluding hydrogens is 378 g/mol. The Labute approximate surface area is 177 Å². The first-order chi connectivity index (χ1) is 14.4. The highest BCUT2D eigenvalue weighted by Gasteiger charge is 2.55. The van der Waals surface area contributed by atoms with Crippen LogP contribution in [-0.4, -0.2) is 46.4 Å². The Kier molecular flexibility index (Phi) is 4.69. The molecule has 2 saturated heterocycles. The normalized spacial score (nSPS) is 25.7. The molecule has 2 fully saturated rings. The number of aryl methyl sites for hydroxylation is 1. The molecule has 158 valence electrons. The van der Waals surface area contributed by atoms with Crippen LogP contribution < -0.4 is 5.32 Å². The number of benzene rings is 1. The van der Waals surface area contributed by atoms with Crippen LogP contribution in [-0.2, 0) is 24.2 Å². The molecule has 1 N–H and O–H groups in total. The number of furan rings is 1. The number of carbonyl (C=O) groups is 2. The fraction of sp³-hybridized carbons (Fsp3) is 0.500. The predicted molar refractivity (Wildman–Crippen MR) is 113 cm³/mol. The summed E-state index contributed by atoms with van der Waals surface area (Å²) < 4.78 is 5.70. The van der Waals surface area contributed by atoms with Gasteiger partial charge in [0.15, 0.2) is 0 Å². The molecule has 30 heavy (non-hydrogen) atoms. The fourth-order valence-electron chi connectivity index (χ4n) is 5.46. The van der Waals surface area contributed by atoms with Crippen LogP contribution >= 0.6 is 0 Å². The van der Waals surface area contributed by atoms with E-state index in [9.17, 15) is 9.59 Å². The Balaban J connectivity index is 1.24. The van der Waals surface area contributed by atoms with Crippen molar-refractivity contribution >= 4 is 11.9 Å². The number of nitrogens with one attached hydrogen (secondary N) is 1. The van der Waals surface area contributed by atoms with Gasteiger partial charge in [-0.25, -0.2) is 4.79 Å². The number of imide groups is 1. The first-order valence-electron chi connectivity index (χ1n) is 10.9. The highest BCUT2D eigenvalue weighted by Crippen LogP contribution is 2.36. The van der Waals surface area contributed by atoms with Gasteiger partial charge < -0.3 is 9.73 Å². The third kappa shape index (κ3) is 3.23. The third-order valence-corrected chi connectivity index (χ3v) is 7.22. The smallest absolute Gasteiger partial charge is 0.325 e. The molecule has 1 aromatic carbocycles. The minimum absolute atomic E-state index is 0.0505. The SMILES string of the molecule is Cc1ccc(CN2CCC([C@@]3(C)NC(=O)N(C4Cc5ccccc5C4)C3=O)CC2)o1. The summed E-state index contributed by atoms with van der Waals surface area (Å²) in [4.78, 5) is 30.2. The van der Waals surface area contributed by atoms with E-state index in [4.69, 9.17) is 4.42 Å². The molecular formula is C24H29N3O3. The lowest BCUT2D eigenvalue weighted by Gasteiger charge is -2.38. The maximum Gasteiger partial charge on any atom is 0.325 e. The molecule has 0 unspecified atom stereocenters. The largest absolute Gasteiger partial charge is 0.465 e. The maximum absolute atomic E-state index is 13.5. The fourth-order valence-corrected chi connectivity index (χ4v) is 5.46. The Morgan fingerprint density at radius 1 is 1.07 bits per heavy atom. The van der Waals surface area contributed by atoms with Crippen LogP contribution in [0.4, 0.5) is 4.79 Å². The van der Waals surface area contributed by atoms with Crippen molar-refractivity contribution in [1.82, 2.24) is 15.1 Å². The number of piperidine rings is 1. The van der Waals surface area contributed by atoms with Gasteiger partial charge in [0.1, 0.15) is 17.1 Å². The summed E-state index contributed by atoms with van der Waals surface area (Å²) in [6.07, 6.45) is 3.29. The standard InChI is InChI=1S/C24H29N3O3/c1-16-7-8-21(30-16)15-26-11-9-19(10-12-26)24(2)22(28)27(23(29)25-24)20-13-17-5-3-4-6-18(17)14-20/h3-8,19-20H,9-15H2,1-2H3,(H,25,29)/t24-/m1/s1. The van der Waals surface area contributed by atoms with E-state index >= 15 is 0 Å². The molecule has 1 aliphatic carbocycles. The lowest BCUT2D eigenvalue weighted by molar-refractivity contribution is -0.134. The van der Waals surface area contributed by atoms with E-state index in [-0.39, 0.29) is 23.9 Å². The minimum Gasteiger partial charge on any atom is -0.465 e. The number of fused-ring (bicyclic) bond motifs is 1. The zero-order valence-electron chi connectivity index (χ0n) is 17.7. The molecule has 6 heteroatoms. The Bertz CT molecular complexity index is 951. The van der Waals surface area contributed by atoms with Crippen molar-refractivity contribution in [2.24, 2.45) is 5.92 Å². The second-order valence-electron chi connectivity index (χ2n) is 9.20. The van der Waals surface area contributed by atoms with Gasteiger partial charge in [0.2, 0.25) is 0 Å². The van der Waals surface area contributed by atoms with Crippen LogP contribution in [0.1, 0.15) is 42.4 Å². The molecule has 3 heterocycles. The lowest BCUT2D eigenvalue weighted by Crippen LogP contribution is -2.54. The summed E-state index contributed by atoms with van der Waals surface area (Å²) >= 11 is 0. The van der Waals surface area contributed by atoms with Crippen molar-refractivity contribution in [3.05, 3.63) is 59.0 Å². The molecule has 2 aromatic rings. The molecule has 0 spiro atoms. The van der Waals surface area contributed by atoms with E-state index in [1.165, 1.54) is 16.0 Å². The van der Waals surface area contributed by atoms with Gasteiger partial charge in [0.05, 0.1) is 6.54 Å². The van der Waals surface area contributed by atoms with Crippen LogP contribution in [0.25, 0.3) is 0 Å². The summed E-state index contributed by atoms with van der Waals surface area (Å²) in [5, 5.41) is 3.07. The average molecular weight is 408 g/mol. The number of amides is 3. The minimum atomic E-state index is -0.806. The molecule has 1 aromatic heterocycles. The number of likely N-dealkylation sites (tertiary alicyclic amines) is 1. The van der Waals surface area contributed by atoms with E-state index in [2.05, 4.69) is 22.3 Å². The van der Waals surface area contributed by atoms with Crippen molar-refractivity contribution in [1.29, 1.82) is 0 Å². The number of hydrogen-bond acceptors (Lipinski definition) is 4. The Hall–Kier alpha value is -2.60. The summed E-state index contributed by atoms with van der Waals surface area (Å²) in [7, 11) is 0. The van der Waals surface area contributed by atoms with Crippen molar-refractivity contribution in [2.75, 3.05) is 13.1 Å². The number of urea groups is 1. The second kappa shape index (κ2) is 7.27. The van der Waals surface area contributed by atoms with E-state index in [1.807, 2.05) is 38.1 Å². The van der Waals surface area contributed by atoms with Gasteiger partial charge in [0.25, 0.3) is 5.91 Å². The maximum atomic E-state index is 13.5. The van der Waals surface area contributed by atoms with Crippen molar-refractivity contribution in [3.8, 4) is 0 Å². The van der Waals surface area contributed by atoms with Gasteiger partial charge in [-0.15, -0.1) is 0 Å². The van der Waals surface area contributed by atoms with E-state index in [0.717, 1.165) is 56.8 Å². The van der Waals surface area contributed by atoms with Gasteiger partial charge in [-0.1, -0.05) is 24.3 Å². The van der Waals surface area contributed by atoms with Crippen molar-refractivity contribution in [3.63, 3.8) is 0 Å². The highest BCUT2D eigenvalue weighted by atomic mass is 16.3. The molecule has 0 saturated carbocycles. The average Bonchev–Trinajstić information content (AvgIpc) is 3.39. The summed E-state index contributed by atoms with van der Waals surface area (Å²) in [6.45, 7) is 6.48. The molecule has 0 bridgehead atoms. The molecule has 5 rings (SSSR count). The van der Waals surface area contributed by atoms with Crippen molar-refractivity contribution < 1.29 is 14.0 Å². The van der Waals surface area contributed by atoms with Crippen LogP contribution in [0.2, 0.25) is 0 Å². The number of nitrogens with zero attached hydrogens (tertiary/aromatic N) is 2.